The topological polar surface area (TPSA) is 55.9 Å². The average molecular weight is 407 g/mol. The lowest BCUT2D eigenvalue weighted by Gasteiger charge is -2.35. The van der Waals surface area contributed by atoms with Gasteiger partial charge in [0.2, 0.25) is 11.8 Å². The predicted octanol–water partition coefficient (Wildman–Crippen LogP) is 2.15. The summed E-state index contributed by atoms with van der Waals surface area (Å²) in [6.07, 6.45) is 3.49. The Morgan fingerprint density at radius 2 is 1.57 bits per heavy atom. The number of nitrogens with zero attached hydrogens (tertiary/aromatic N) is 3. The maximum Gasteiger partial charge on any atom is 0.236 e. The number of benzene rings is 1. The molecule has 0 spiro atoms. The van der Waals surface area contributed by atoms with Crippen LogP contribution in [0.1, 0.15) is 37.8 Å². The Morgan fingerprint density at radius 1 is 0.964 bits per heavy atom. The highest BCUT2D eigenvalue weighted by molar-refractivity contribution is 6.31. The summed E-state index contributed by atoms with van der Waals surface area (Å²) in [5.74, 6) is 0.254. The zero-order chi connectivity index (χ0) is 19.9. The van der Waals surface area contributed by atoms with Gasteiger partial charge in [0.1, 0.15) is 0 Å². The summed E-state index contributed by atoms with van der Waals surface area (Å²) < 4.78 is 0. The van der Waals surface area contributed by atoms with Gasteiger partial charge in [-0.05, 0) is 37.8 Å². The van der Waals surface area contributed by atoms with E-state index >= 15 is 0 Å². The minimum absolute atomic E-state index is 0.00487. The van der Waals surface area contributed by atoms with Crippen molar-refractivity contribution in [3.63, 3.8) is 0 Å². The minimum Gasteiger partial charge on any atom is -0.348 e. The smallest absolute Gasteiger partial charge is 0.236 e. The maximum absolute atomic E-state index is 12.4. The van der Waals surface area contributed by atoms with E-state index in [0.29, 0.717) is 18.1 Å². The Labute approximate surface area is 172 Å². The molecule has 3 rings (SSSR count). The molecule has 0 aromatic heterocycles. The number of carbonyl (C=O) groups excluding carboxylic acids is 2. The van der Waals surface area contributed by atoms with Gasteiger partial charge in [-0.3, -0.25) is 19.4 Å². The monoisotopic (exact) mass is 406 g/mol. The molecule has 2 aliphatic rings. The van der Waals surface area contributed by atoms with Crippen LogP contribution in [-0.2, 0) is 9.59 Å². The van der Waals surface area contributed by atoms with Gasteiger partial charge in [-0.25, -0.2) is 0 Å². The van der Waals surface area contributed by atoms with Crippen molar-refractivity contribution in [3.8, 4) is 0 Å². The molecule has 6 nitrogen and oxygen atoms in total. The molecule has 7 heteroatoms. The molecule has 0 bridgehead atoms. The van der Waals surface area contributed by atoms with E-state index in [1.165, 1.54) is 6.42 Å². The van der Waals surface area contributed by atoms with Gasteiger partial charge in [-0.1, -0.05) is 29.8 Å². The first-order chi connectivity index (χ1) is 13.5. The number of rotatable bonds is 6. The van der Waals surface area contributed by atoms with Crippen molar-refractivity contribution >= 4 is 23.4 Å². The van der Waals surface area contributed by atoms with Gasteiger partial charge in [0.05, 0.1) is 19.1 Å². The highest BCUT2D eigenvalue weighted by atomic mass is 35.5. The quantitative estimate of drug-likeness (QED) is 0.786. The normalized spacial score (nSPS) is 20.0. The van der Waals surface area contributed by atoms with Crippen LogP contribution >= 0.6 is 11.6 Å². The van der Waals surface area contributed by atoms with Gasteiger partial charge in [0.25, 0.3) is 0 Å². The second kappa shape index (κ2) is 10.2. The van der Waals surface area contributed by atoms with Crippen molar-refractivity contribution in [2.75, 3.05) is 52.4 Å². The summed E-state index contributed by atoms with van der Waals surface area (Å²) in [6, 6.07) is 7.46. The molecule has 2 saturated heterocycles. The Balaban J connectivity index is 1.38. The van der Waals surface area contributed by atoms with Crippen LogP contribution in [0.2, 0.25) is 5.02 Å². The van der Waals surface area contributed by atoms with Crippen molar-refractivity contribution in [3.05, 3.63) is 34.9 Å². The largest absolute Gasteiger partial charge is 0.348 e. The van der Waals surface area contributed by atoms with Gasteiger partial charge < -0.3 is 10.2 Å². The Bertz CT molecular complexity index is 670. The minimum atomic E-state index is -0.121. The molecule has 0 aliphatic carbocycles. The number of likely N-dealkylation sites (tertiary alicyclic amines) is 1. The van der Waals surface area contributed by atoms with Crippen LogP contribution in [0.5, 0.6) is 0 Å². The number of carbonyl (C=O) groups is 2. The standard InChI is InChI=1S/C21H31ClN4O2/c1-17(18-7-3-4-8-19(18)22)23-20(27)15-24-11-13-25(14-12-24)16-21(28)26-9-5-2-6-10-26/h3-4,7-8,17H,2,5-6,9-16H2,1H3,(H,23,27)/t17-/m0/s1. The zero-order valence-electron chi connectivity index (χ0n) is 16.7. The first-order valence-electron chi connectivity index (χ1n) is 10.3. The molecule has 154 valence electrons. The Morgan fingerprint density at radius 3 is 2.21 bits per heavy atom. The van der Waals surface area contributed by atoms with Crippen LogP contribution in [0, 0.1) is 0 Å². The second-order valence-corrected chi connectivity index (χ2v) is 8.21. The first-order valence-corrected chi connectivity index (χ1v) is 10.7. The molecule has 1 aromatic rings. The first kappa shape index (κ1) is 21.1. The van der Waals surface area contributed by atoms with Gasteiger partial charge in [-0.2, -0.15) is 0 Å². The van der Waals surface area contributed by atoms with E-state index in [1.807, 2.05) is 36.1 Å². The zero-order valence-corrected chi connectivity index (χ0v) is 17.5. The van der Waals surface area contributed by atoms with E-state index in [4.69, 9.17) is 11.6 Å². The highest BCUT2D eigenvalue weighted by Gasteiger charge is 2.24. The number of hydrogen-bond acceptors (Lipinski definition) is 4. The van der Waals surface area contributed by atoms with Gasteiger partial charge in [0.15, 0.2) is 0 Å². The lowest BCUT2D eigenvalue weighted by Crippen LogP contribution is -2.52. The molecule has 2 aliphatic heterocycles. The fourth-order valence-electron chi connectivity index (χ4n) is 3.93. The number of halogens is 1. The lowest BCUT2D eigenvalue weighted by molar-refractivity contribution is -0.134. The summed E-state index contributed by atoms with van der Waals surface area (Å²) >= 11 is 6.21. The summed E-state index contributed by atoms with van der Waals surface area (Å²) in [5.41, 5.74) is 0.929. The summed E-state index contributed by atoms with van der Waals surface area (Å²) in [7, 11) is 0. The molecule has 28 heavy (non-hydrogen) atoms. The Kier molecular flexibility index (Phi) is 7.71. The molecule has 2 amide bonds. The van der Waals surface area contributed by atoms with E-state index in [9.17, 15) is 9.59 Å². The fraction of sp³-hybridized carbons (Fsp3) is 0.619. The molecular formula is C21H31ClN4O2. The van der Waals surface area contributed by atoms with Crippen molar-refractivity contribution in [2.45, 2.75) is 32.2 Å². The SMILES string of the molecule is C[C@H](NC(=O)CN1CCN(CC(=O)N2CCCCC2)CC1)c1ccccc1Cl. The molecule has 1 N–H and O–H groups in total. The molecular weight excluding hydrogens is 376 g/mol. The molecule has 2 fully saturated rings. The molecule has 0 unspecified atom stereocenters. The fourth-order valence-corrected chi connectivity index (χ4v) is 4.23. The molecule has 0 radical (unpaired) electrons. The number of amides is 2. The highest BCUT2D eigenvalue weighted by Crippen LogP contribution is 2.22. The molecule has 0 saturated carbocycles. The van der Waals surface area contributed by atoms with Gasteiger partial charge in [-0.15, -0.1) is 0 Å². The third kappa shape index (κ3) is 5.93. The third-order valence-electron chi connectivity index (χ3n) is 5.65. The number of nitrogens with one attached hydrogen (secondary N) is 1. The van der Waals surface area contributed by atoms with Crippen molar-refractivity contribution < 1.29 is 9.59 Å². The van der Waals surface area contributed by atoms with Gasteiger partial charge >= 0.3 is 0 Å². The van der Waals surface area contributed by atoms with Crippen LogP contribution in [-0.4, -0.2) is 78.9 Å². The van der Waals surface area contributed by atoms with E-state index < -0.39 is 0 Å². The number of hydrogen-bond donors (Lipinski definition) is 1. The summed E-state index contributed by atoms with van der Waals surface area (Å²) in [6.45, 7) is 7.91. The Hall–Kier alpha value is -1.63. The van der Waals surface area contributed by atoms with Crippen molar-refractivity contribution in [2.24, 2.45) is 0 Å². The van der Waals surface area contributed by atoms with Crippen molar-refractivity contribution in [1.29, 1.82) is 0 Å². The number of piperazine rings is 1. The van der Waals surface area contributed by atoms with Crippen LogP contribution in [0.3, 0.4) is 0 Å². The van der Waals surface area contributed by atoms with Gasteiger partial charge in [0, 0.05) is 44.3 Å². The molecule has 1 aromatic carbocycles. The summed E-state index contributed by atoms with van der Waals surface area (Å²) in [4.78, 5) is 31.2. The van der Waals surface area contributed by atoms with Crippen LogP contribution < -0.4 is 5.32 Å². The van der Waals surface area contributed by atoms with Crippen LogP contribution in [0.4, 0.5) is 0 Å². The van der Waals surface area contributed by atoms with Crippen LogP contribution in [0.25, 0.3) is 0 Å². The third-order valence-corrected chi connectivity index (χ3v) is 5.99. The summed E-state index contributed by atoms with van der Waals surface area (Å²) in [5, 5.41) is 3.70. The molecule has 2 heterocycles. The van der Waals surface area contributed by atoms with Crippen molar-refractivity contribution in [1.82, 2.24) is 20.0 Å². The lowest BCUT2D eigenvalue weighted by atomic mass is 10.1. The van der Waals surface area contributed by atoms with E-state index in [0.717, 1.165) is 57.7 Å². The molecule has 1 atom stereocenters. The second-order valence-electron chi connectivity index (χ2n) is 7.80. The average Bonchev–Trinajstić information content (AvgIpc) is 2.70. The van der Waals surface area contributed by atoms with E-state index in [-0.39, 0.29) is 17.9 Å². The predicted molar refractivity (Wildman–Crippen MR) is 111 cm³/mol. The van der Waals surface area contributed by atoms with E-state index in [1.54, 1.807) is 0 Å². The van der Waals surface area contributed by atoms with E-state index in [2.05, 4.69) is 15.1 Å². The van der Waals surface area contributed by atoms with Crippen LogP contribution in [0.15, 0.2) is 24.3 Å². The maximum atomic E-state index is 12.4. The number of piperidine rings is 1.